The Morgan fingerprint density at radius 3 is 2.23 bits per heavy atom. The maximum Gasteiger partial charge on any atom is 0.511 e. The van der Waals surface area contributed by atoms with Gasteiger partial charge in [-0.2, -0.15) is 5.26 Å². The molecule has 1 heterocycles. The molecule has 0 aliphatic carbocycles. The minimum atomic E-state index is -1.84. The van der Waals surface area contributed by atoms with E-state index in [0.717, 1.165) is 6.07 Å². The highest BCUT2D eigenvalue weighted by Crippen LogP contribution is 2.53. The molecule has 1 aliphatic rings. The molecule has 4 atom stereocenters. The summed E-state index contributed by atoms with van der Waals surface area (Å²) in [6.07, 6.45) is 0.279. The first-order chi connectivity index (χ1) is 28.1. The van der Waals surface area contributed by atoms with Gasteiger partial charge in [0.05, 0.1) is 59.9 Å². The summed E-state index contributed by atoms with van der Waals surface area (Å²) in [5.74, 6) is -4.52. The predicted molar refractivity (Wildman–Crippen MR) is 222 cm³/mol. The zero-order valence-electron chi connectivity index (χ0n) is 35.3. The van der Waals surface area contributed by atoms with Gasteiger partial charge in [0.25, 0.3) is 0 Å². The molecule has 12 nitrogen and oxygen atoms in total. The molecule has 3 aromatic carbocycles. The molecular formula is C44H53Cl2F2N3O9. The van der Waals surface area contributed by atoms with Gasteiger partial charge in [-0.15, -0.1) is 0 Å². The number of amides is 1. The Morgan fingerprint density at radius 1 is 0.900 bits per heavy atom. The van der Waals surface area contributed by atoms with Crippen molar-refractivity contribution in [1.82, 2.24) is 5.32 Å². The van der Waals surface area contributed by atoms with Crippen molar-refractivity contribution < 1.29 is 51.6 Å². The second-order valence-electron chi connectivity index (χ2n) is 17.0. The largest absolute Gasteiger partial charge is 0.511 e. The third kappa shape index (κ3) is 11.9. The van der Waals surface area contributed by atoms with Crippen LogP contribution in [0.15, 0.2) is 54.6 Å². The van der Waals surface area contributed by atoms with Crippen LogP contribution in [0.4, 0.5) is 19.3 Å². The van der Waals surface area contributed by atoms with Gasteiger partial charge in [0.2, 0.25) is 12.7 Å². The number of nitriles is 1. The van der Waals surface area contributed by atoms with Crippen molar-refractivity contribution in [2.45, 2.75) is 102 Å². The number of hydrogen-bond acceptors (Lipinski definition) is 11. The molecule has 1 saturated heterocycles. The van der Waals surface area contributed by atoms with Gasteiger partial charge in [-0.25, -0.2) is 18.4 Å². The highest BCUT2D eigenvalue weighted by molar-refractivity contribution is 6.31. The number of methoxy groups -OCH3 is 2. The molecule has 60 heavy (non-hydrogen) atoms. The van der Waals surface area contributed by atoms with Crippen LogP contribution in [0.25, 0.3) is 0 Å². The summed E-state index contributed by atoms with van der Waals surface area (Å²) < 4.78 is 64.0. The summed E-state index contributed by atoms with van der Waals surface area (Å²) in [4.78, 5) is 39.5. The Labute approximate surface area is 360 Å². The summed E-state index contributed by atoms with van der Waals surface area (Å²) in [5.41, 5.74) is -3.25. The van der Waals surface area contributed by atoms with E-state index >= 15 is 8.78 Å². The number of halogens is 4. The smallest absolute Gasteiger partial charge is 0.495 e. The third-order valence-corrected chi connectivity index (χ3v) is 11.0. The van der Waals surface area contributed by atoms with Crippen LogP contribution in [0.3, 0.4) is 0 Å². The molecule has 326 valence electrons. The standard InChI is InChI=1S/C44H53Cl2F2N3O9/c1-41(2,3)23-34-44(24-49,29-15-14-27(45)22-31(29)47)35(28-11-10-12-30(46)36(28)48)37(51-34)38(52)50-32-16-13-26(21-33(32)55-8)39(53)58-25-59-40(54)57-19-17-43(6,7)60-20-18-42(4,5)56-9/h10-16,21-22,34-35,37,51H,17-20,23,25H2,1-9H3,(H,50,52)/t34?,35?,37-,44+/m1/s1. The molecule has 1 fully saturated rings. The van der Waals surface area contributed by atoms with Crippen molar-refractivity contribution in [1.29, 1.82) is 5.26 Å². The number of nitrogens with zero attached hydrogens (tertiary/aromatic N) is 1. The molecule has 2 unspecified atom stereocenters. The molecule has 1 aliphatic heterocycles. The summed E-state index contributed by atoms with van der Waals surface area (Å²) in [6.45, 7) is 13.1. The monoisotopic (exact) mass is 875 g/mol. The minimum absolute atomic E-state index is 0.00422. The van der Waals surface area contributed by atoms with E-state index in [0.29, 0.717) is 19.4 Å². The summed E-state index contributed by atoms with van der Waals surface area (Å²) >= 11 is 12.4. The van der Waals surface area contributed by atoms with Crippen LogP contribution >= 0.6 is 23.2 Å². The first-order valence-corrected chi connectivity index (χ1v) is 20.0. The molecule has 0 spiro atoms. The van der Waals surface area contributed by atoms with E-state index in [9.17, 15) is 19.6 Å². The van der Waals surface area contributed by atoms with Crippen molar-refractivity contribution >= 4 is 46.9 Å². The van der Waals surface area contributed by atoms with Crippen LogP contribution in [0.2, 0.25) is 10.0 Å². The number of carbonyl (C=O) groups excluding carboxylic acids is 3. The van der Waals surface area contributed by atoms with Gasteiger partial charge in [0.1, 0.15) is 22.8 Å². The molecule has 0 radical (unpaired) electrons. The highest BCUT2D eigenvalue weighted by Gasteiger charge is 2.61. The third-order valence-electron chi connectivity index (χ3n) is 10.5. The Hall–Kier alpha value is -4.52. The van der Waals surface area contributed by atoms with E-state index < -0.39 is 70.9 Å². The van der Waals surface area contributed by atoms with Gasteiger partial charge in [0, 0.05) is 36.1 Å². The van der Waals surface area contributed by atoms with Gasteiger partial charge in [0.15, 0.2) is 0 Å². The van der Waals surface area contributed by atoms with Crippen molar-refractivity contribution in [2.75, 3.05) is 39.5 Å². The number of anilines is 1. The van der Waals surface area contributed by atoms with Crippen LogP contribution in [0.5, 0.6) is 5.75 Å². The van der Waals surface area contributed by atoms with Gasteiger partial charge in [-0.1, -0.05) is 62.2 Å². The maximum atomic E-state index is 16.1. The SMILES string of the molecule is COc1cc(C(=O)OCOC(=O)OCCC(C)(C)OCCC(C)(C)OC)ccc1NC(=O)[C@@H]1NC(CC(C)(C)C)[C@](C#N)(c2ccc(Cl)cc2F)C1c1cccc(Cl)c1F. The van der Waals surface area contributed by atoms with E-state index in [4.69, 9.17) is 51.6 Å². The fourth-order valence-corrected chi connectivity index (χ4v) is 7.41. The average molecular weight is 877 g/mol. The minimum Gasteiger partial charge on any atom is -0.495 e. The zero-order chi connectivity index (χ0) is 44.6. The molecule has 16 heteroatoms. The average Bonchev–Trinajstić information content (AvgIpc) is 3.48. The lowest BCUT2D eigenvalue weighted by Gasteiger charge is -2.37. The van der Waals surface area contributed by atoms with E-state index in [1.54, 1.807) is 7.11 Å². The van der Waals surface area contributed by atoms with Crippen molar-refractivity contribution in [3.63, 3.8) is 0 Å². The van der Waals surface area contributed by atoms with E-state index in [1.807, 2.05) is 48.5 Å². The predicted octanol–water partition coefficient (Wildman–Crippen LogP) is 9.51. The number of benzene rings is 3. The normalized spacial score (nSPS) is 19.3. The maximum absolute atomic E-state index is 16.1. The van der Waals surface area contributed by atoms with Gasteiger partial charge in [-0.05, 0) is 87.9 Å². The van der Waals surface area contributed by atoms with Crippen LogP contribution < -0.4 is 15.4 Å². The van der Waals surface area contributed by atoms with Crippen molar-refractivity contribution in [3.05, 3.63) is 93.0 Å². The Bertz CT molecular complexity index is 2070. The van der Waals surface area contributed by atoms with E-state index in [2.05, 4.69) is 16.7 Å². The fraction of sp³-hybridized carbons (Fsp3) is 0.500. The van der Waals surface area contributed by atoms with Crippen LogP contribution in [-0.4, -0.2) is 75.5 Å². The van der Waals surface area contributed by atoms with Crippen LogP contribution in [0.1, 0.15) is 95.1 Å². The Kier molecular flexibility index (Phi) is 16.0. The van der Waals surface area contributed by atoms with Gasteiger partial charge >= 0.3 is 12.1 Å². The van der Waals surface area contributed by atoms with Crippen LogP contribution in [0, 0.1) is 28.4 Å². The molecule has 4 rings (SSSR count). The number of esters is 1. The lowest BCUT2D eigenvalue weighted by molar-refractivity contribution is -0.118. The summed E-state index contributed by atoms with van der Waals surface area (Å²) in [5, 5.41) is 17.0. The van der Waals surface area contributed by atoms with Crippen molar-refractivity contribution in [3.8, 4) is 11.8 Å². The second-order valence-corrected chi connectivity index (χ2v) is 17.8. The molecule has 2 N–H and O–H groups in total. The van der Waals surface area contributed by atoms with Crippen LogP contribution in [-0.2, 0) is 33.9 Å². The Balaban J connectivity index is 1.50. The fourth-order valence-electron chi connectivity index (χ4n) is 7.07. The Morgan fingerprint density at radius 2 is 1.60 bits per heavy atom. The number of hydrogen-bond donors (Lipinski definition) is 2. The molecular weight excluding hydrogens is 823 g/mol. The molecule has 0 bridgehead atoms. The summed E-state index contributed by atoms with van der Waals surface area (Å²) in [6, 6.07) is 12.3. The lowest BCUT2D eigenvalue weighted by atomic mass is 9.62. The van der Waals surface area contributed by atoms with Gasteiger partial charge < -0.3 is 39.1 Å². The molecule has 1 amide bonds. The topological polar surface area (TPSA) is 154 Å². The number of nitrogens with one attached hydrogen (secondary N) is 2. The summed E-state index contributed by atoms with van der Waals surface area (Å²) in [7, 11) is 2.95. The van der Waals surface area contributed by atoms with Gasteiger partial charge in [-0.3, -0.25) is 4.79 Å². The van der Waals surface area contributed by atoms with E-state index in [1.165, 1.54) is 55.6 Å². The number of carbonyl (C=O) groups is 3. The number of ether oxygens (including phenoxy) is 6. The second kappa shape index (κ2) is 19.9. The zero-order valence-corrected chi connectivity index (χ0v) is 36.8. The molecule has 0 aromatic heterocycles. The quantitative estimate of drug-likeness (QED) is 0.0985. The highest BCUT2D eigenvalue weighted by atomic mass is 35.5. The molecule has 0 saturated carbocycles. The van der Waals surface area contributed by atoms with E-state index in [-0.39, 0.29) is 56.8 Å². The number of rotatable bonds is 17. The lowest BCUT2D eigenvalue weighted by Crippen LogP contribution is -2.45. The first-order valence-electron chi connectivity index (χ1n) is 19.3. The first kappa shape index (κ1) is 48.1. The molecule has 3 aromatic rings. The van der Waals surface area contributed by atoms with Crippen molar-refractivity contribution in [2.24, 2.45) is 5.41 Å².